The Morgan fingerprint density at radius 1 is 1.40 bits per heavy atom. The molecule has 0 spiro atoms. The van der Waals surface area contributed by atoms with Crippen LogP contribution < -0.4 is 10.5 Å². The average Bonchev–Trinajstić information content (AvgIpc) is 2.17. The molecule has 3 nitrogen and oxygen atoms in total. The highest BCUT2D eigenvalue weighted by atomic mass is 16.5. The second-order valence-electron chi connectivity index (χ2n) is 4.01. The predicted molar refractivity (Wildman–Crippen MR) is 61.3 cm³/mol. The van der Waals surface area contributed by atoms with Crippen molar-refractivity contribution in [1.29, 1.82) is 0 Å². The SMILES string of the molecule is COc1cccc(C(C)CC(C)N)c1O. The first kappa shape index (κ1) is 11.9. The van der Waals surface area contributed by atoms with E-state index in [1.165, 1.54) is 0 Å². The van der Waals surface area contributed by atoms with Crippen LogP contribution in [0.15, 0.2) is 18.2 Å². The highest BCUT2D eigenvalue weighted by molar-refractivity contribution is 5.46. The fourth-order valence-corrected chi connectivity index (χ4v) is 1.79. The molecule has 2 atom stereocenters. The number of phenols is 1. The maximum absolute atomic E-state index is 9.91. The molecule has 0 fully saturated rings. The van der Waals surface area contributed by atoms with Crippen LogP contribution in [0.25, 0.3) is 0 Å². The van der Waals surface area contributed by atoms with Crippen molar-refractivity contribution < 1.29 is 9.84 Å². The Morgan fingerprint density at radius 2 is 2.07 bits per heavy atom. The highest BCUT2D eigenvalue weighted by Gasteiger charge is 2.14. The van der Waals surface area contributed by atoms with Gasteiger partial charge >= 0.3 is 0 Å². The largest absolute Gasteiger partial charge is 0.504 e. The lowest BCUT2D eigenvalue weighted by Gasteiger charge is -2.17. The molecular formula is C12H19NO2. The Hall–Kier alpha value is -1.22. The van der Waals surface area contributed by atoms with Crippen LogP contribution in [0.3, 0.4) is 0 Å². The van der Waals surface area contributed by atoms with Gasteiger partial charge in [-0.2, -0.15) is 0 Å². The molecule has 0 bridgehead atoms. The van der Waals surface area contributed by atoms with E-state index in [0.29, 0.717) is 5.75 Å². The second kappa shape index (κ2) is 5.03. The van der Waals surface area contributed by atoms with Gasteiger partial charge in [-0.1, -0.05) is 19.1 Å². The number of methoxy groups -OCH3 is 1. The minimum absolute atomic E-state index is 0.130. The van der Waals surface area contributed by atoms with Crippen LogP contribution in [-0.4, -0.2) is 18.3 Å². The van der Waals surface area contributed by atoms with Crippen molar-refractivity contribution in [2.45, 2.75) is 32.2 Å². The lowest BCUT2D eigenvalue weighted by Crippen LogP contribution is -2.17. The Labute approximate surface area is 90.9 Å². The number of aromatic hydroxyl groups is 1. The summed E-state index contributed by atoms with van der Waals surface area (Å²) in [5, 5.41) is 9.91. The number of rotatable bonds is 4. The Bertz CT molecular complexity index is 323. The standard InChI is InChI=1S/C12H19NO2/c1-8(7-9(2)13)10-5-4-6-11(15-3)12(10)14/h4-6,8-9,14H,7,13H2,1-3H3. The molecule has 3 N–H and O–H groups in total. The molecule has 0 amide bonds. The maximum atomic E-state index is 9.91. The molecule has 0 aromatic heterocycles. The van der Waals surface area contributed by atoms with Crippen molar-refractivity contribution in [2.24, 2.45) is 5.73 Å². The summed E-state index contributed by atoms with van der Waals surface area (Å²) in [7, 11) is 1.55. The van der Waals surface area contributed by atoms with Crippen LogP contribution in [-0.2, 0) is 0 Å². The van der Waals surface area contributed by atoms with Crippen molar-refractivity contribution in [3.05, 3.63) is 23.8 Å². The van der Waals surface area contributed by atoms with Gasteiger partial charge < -0.3 is 15.6 Å². The summed E-state index contributed by atoms with van der Waals surface area (Å²) in [5.74, 6) is 0.984. The quantitative estimate of drug-likeness (QED) is 0.799. The first-order valence-corrected chi connectivity index (χ1v) is 5.17. The van der Waals surface area contributed by atoms with Gasteiger partial charge in [0.1, 0.15) is 0 Å². The third-order valence-corrected chi connectivity index (χ3v) is 2.51. The highest BCUT2D eigenvalue weighted by Crippen LogP contribution is 2.35. The van der Waals surface area contributed by atoms with Crippen LogP contribution in [0, 0.1) is 0 Å². The monoisotopic (exact) mass is 209 g/mol. The number of para-hydroxylation sites is 1. The molecule has 84 valence electrons. The van der Waals surface area contributed by atoms with E-state index in [0.717, 1.165) is 12.0 Å². The lowest BCUT2D eigenvalue weighted by atomic mass is 9.94. The fraction of sp³-hybridized carbons (Fsp3) is 0.500. The van der Waals surface area contributed by atoms with Gasteiger partial charge in [-0.3, -0.25) is 0 Å². The van der Waals surface area contributed by atoms with E-state index in [4.69, 9.17) is 10.5 Å². The normalized spacial score (nSPS) is 14.7. The molecular weight excluding hydrogens is 190 g/mol. The van der Waals surface area contributed by atoms with Gasteiger partial charge in [0.15, 0.2) is 11.5 Å². The van der Waals surface area contributed by atoms with Crippen LogP contribution in [0.2, 0.25) is 0 Å². The van der Waals surface area contributed by atoms with Crippen molar-refractivity contribution in [3.63, 3.8) is 0 Å². The molecule has 15 heavy (non-hydrogen) atoms. The molecule has 2 unspecified atom stereocenters. The number of phenolic OH excluding ortho intramolecular Hbond substituents is 1. The molecule has 0 aliphatic heterocycles. The van der Waals surface area contributed by atoms with E-state index in [-0.39, 0.29) is 17.7 Å². The summed E-state index contributed by atoms with van der Waals surface area (Å²) in [6, 6.07) is 5.67. The molecule has 1 aromatic carbocycles. The first-order valence-electron chi connectivity index (χ1n) is 5.17. The zero-order valence-electron chi connectivity index (χ0n) is 9.53. The zero-order chi connectivity index (χ0) is 11.4. The van der Waals surface area contributed by atoms with Gasteiger partial charge in [0.2, 0.25) is 0 Å². The average molecular weight is 209 g/mol. The Kier molecular flexibility index (Phi) is 3.97. The Morgan fingerprint density at radius 3 is 2.60 bits per heavy atom. The summed E-state index contributed by atoms with van der Waals surface area (Å²) < 4.78 is 5.06. The number of hydrogen-bond acceptors (Lipinski definition) is 3. The van der Waals surface area contributed by atoms with E-state index in [2.05, 4.69) is 6.92 Å². The Balaban J connectivity index is 2.93. The van der Waals surface area contributed by atoms with Crippen LogP contribution >= 0.6 is 0 Å². The van der Waals surface area contributed by atoms with Gasteiger partial charge in [-0.15, -0.1) is 0 Å². The summed E-state index contributed by atoms with van der Waals surface area (Å²) in [6.07, 6.45) is 0.848. The minimum atomic E-state index is 0.130. The van der Waals surface area contributed by atoms with Gasteiger partial charge in [0.05, 0.1) is 7.11 Å². The van der Waals surface area contributed by atoms with Crippen LogP contribution in [0.4, 0.5) is 0 Å². The van der Waals surface area contributed by atoms with E-state index in [1.54, 1.807) is 13.2 Å². The molecule has 1 rings (SSSR count). The van der Waals surface area contributed by atoms with E-state index in [9.17, 15) is 5.11 Å². The van der Waals surface area contributed by atoms with Crippen molar-refractivity contribution in [1.82, 2.24) is 0 Å². The zero-order valence-corrected chi connectivity index (χ0v) is 9.53. The fourth-order valence-electron chi connectivity index (χ4n) is 1.79. The smallest absolute Gasteiger partial charge is 0.161 e. The van der Waals surface area contributed by atoms with Gasteiger partial charge in [-0.25, -0.2) is 0 Å². The number of hydrogen-bond donors (Lipinski definition) is 2. The summed E-state index contributed by atoms with van der Waals surface area (Å²) in [4.78, 5) is 0. The molecule has 0 aliphatic rings. The van der Waals surface area contributed by atoms with E-state index < -0.39 is 0 Å². The van der Waals surface area contributed by atoms with Gasteiger partial charge in [0.25, 0.3) is 0 Å². The first-order chi connectivity index (χ1) is 7.06. The molecule has 1 aromatic rings. The number of nitrogens with two attached hydrogens (primary N) is 1. The van der Waals surface area contributed by atoms with Crippen LogP contribution in [0.5, 0.6) is 11.5 Å². The summed E-state index contributed by atoms with van der Waals surface area (Å²) >= 11 is 0. The predicted octanol–water partition coefficient (Wildman–Crippen LogP) is 2.24. The maximum Gasteiger partial charge on any atom is 0.161 e. The van der Waals surface area contributed by atoms with Crippen molar-refractivity contribution in [2.75, 3.05) is 7.11 Å². The van der Waals surface area contributed by atoms with Crippen molar-refractivity contribution in [3.8, 4) is 11.5 Å². The lowest BCUT2D eigenvalue weighted by molar-refractivity contribution is 0.367. The van der Waals surface area contributed by atoms with Gasteiger partial charge in [-0.05, 0) is 25.3 Å². The number of ether oxygens (including phenoxy) is 1. The van der Waals surface area contributed by atoms with E-state index >= 15 is 0 Å². The van der Waals surface area contributed by atoms with E-state index in [1.807, 2.05) is 19.1 Å². The second-order valence-corrected chi connectivity index (χ2v) is 4.01. The third-order valence-electron chi connectivity index (χ3n) is 2.51. The number of benzene rings is 1. The summed E-state index contributed by atoms with van der Waals surface area (Å²) in [6.45, 7) is 4.02. The molecule has 0 heterocycles. The minimum Gasteiger partial charge on any atom is -0.504 e. The molecule has 0 saturated carbocycles. The van der Waals surface area contributed by atoms with Crippen molar-refractivity contribution >= 4 is 0 Å². The third kappa shape index (κ3) is 2.86. The topological polar surface area (TPSA) is 55.5 Å². The van der Waals surface area contributed by atoms with Gasteiger partial charge in [0, 0.05) is 11.6 Å². The molecule has 0 radical (unpaired) electrons. The molecule has 0 aliphatic carbocycles. The van der Waals surface area contributed by atoms with Crippen LogP contribution in [0.1, 0.15) is 31.7 Å². The summed E-state index contributed by atoms with van der Waals surface area (Å²) in [5.41, 5.74) is 6.63. The molecule has 0 saturated heterocycles. The molecule has 3 heteroatoms.